The molecule has 4 atom stereocenters. The van der Waals surface area contributed by atoms with Crippen molar-refractivity contribution in [1.29, 1.82) is 0 Å². The van der Waals surface area contributed by atoms with Crippen molar-refractivity contribution in [2.75, 3.05) is 26.4 Å². The maximum atomic E-state index is 13.4. The number of nitrogens with zero attached hydrogens (tertiary/aromatic N) is 2. The van der Waals surface area contributed by atoms with Crippen LogP contribution in [0, 0.1) is 11.3 Å². The molecule has 7 rings (SSSR count). The van der Waals surface area contributed by atoms with E-state index in [1.807, 2.05) is 0 Å². The molecule has 3 fully saturated rings. The summed E-state index contributed by atoms with van der Waals surface area (Å²) in [4.78, 5) is 9.64. The number of rotatable bonds is 2. The second-order valence-corrected chi connectivity index (χ2v) is 12.4. The van der Waals surface area contributed by atoms with Crippen LogP contribution in [-0.4, -0.2) is 41.5 Å². The molecule has 2 aliphatic carbocycles. The van der Waals surface area contributed by atoms with Gasteiger partial charge in [-0.1, -0.05) is 13.3 Å². The number of hydrogen-bond donors (Lipinski definition) is 1. The molecular weight excluding hydrogens is 509 g/mol. The molecule has 2 saturated heterocycles. The van der Waals surface area contributed by atoms with E-state index in [0.29, 0.717) is 38.5 Å². The zero-order chi connectivity index (χ0) is 27.0. The largest absolute Gasteiger partial charge is 0.417 e. The maximum Gasteiger partial charge on any atom is 0.417 e. The van der Waals surface area contributed by atoms with Gasteiger partial charge in [-0.2, -0.15) is 13.2 Å². The lowest BCUT2D eigenvalue weighted by atomic mass is 9.58. The fourth-order valence-electron chi connectivity index (χ4n) is 7.85. The van der Waals surface area contributed by atoms with Gasteiger partial charge in [0.1, 0.15) is 11.7 Å². The van der Waals surface area contributed by atoms with E-state index < -0.39 is 29.5 Å². The summed E-state index contributed by atoms with van der Waals surface area (Å²) < 4.78 is 58.7. The first-order valence-corrected chi connectivity index (χ1v) is 14.3. The van der Waals surface area contributed by atoms with Crippen molar-refractivity contribution in [3.8, 4) is 0 Å². The van der Waals surface area contributed by atoms with E-state index in [2.05, 4.69) is 11.9 Å². The molecule has 0 amide bonds. The minimum Gasteiger partial charge on any atom is -0.388 e. The molecule has 3 aliphatic heterocycles. The number of aliphatic hydroxyl groups excluding tert-OH is 1. The van der Waals surface area contributed by atoms with Crippen LogP contribution >= 0.6 is 0 Å². The third kappa shape index (κ3) is 4.06. The van der Waals surface area contributed by atoms with Crippen molar-refractivity contribution >= 4 is 0 Å². The van der Waals surface area contributed by atoms with Crippen LogP contribution < -0.4 is 0 Å². The number of aliphatic hydroxyl groups is 1. The molecule has 2 aromatic heterocycles. The van der Waals surface area contributed by atoms with Crippen molar-refractivity contribution in [3.63, 3.8) is 0 Å². The second kappa shape index (κ2) is 9.23. The van der Waals surface area contributed by atoms with Gasteiger partial charge in [0, 0.05) is 61.1 Å². The number of fused-ring (bicyclic) bond motifs is 4. The Morgan fingerprint density at radius 2 is 1.82 bits per heavy atom. The topological polar surface area (TPSA) is 73.7 Å². The Morgan fingerprint density at radius 3 is 2.46 bits per heavy atom. The molecule has 0 radical (unpaired) electrons. The Kier molecular flexibility index (Phi) is 6.12. The number of pyridine rings is 2. The van der Waals surface area contributed by atoms with E-state index in [0.717, 1.165) is 78.9 Å². The number of aromatic nitrogens is 2. The first kappa shape index (κ1) is 25.9. The van der Waals surface area contributed by atoms with Crippen molar-refractivity contribution in [2.24, 2.45) is 11.3 Å². The van der Waals surface area contributed by atoms with Gasteiger partial charge in [-0.15, -0.1) is 0 Å². The number of halogens is 3. The molecule has 0 bridgehead atoms. The fourth-order valence-corrected chi connectivity index (χ4v) is 7.85. The molecule has 2 aromatic rings. The first-order valence-electron chi connectivity index (χ1n) is 14.3. The van der Waals surface area contributed by atoms with Crippen LogP contribution in [0.25, 0.3) is 0 Å². The minimum absolute atomic E-state index is 0.00900. The molecular formula is C30H35F3N2O4. The van der Waals surface area contributed by atoms with Gasteiger partial charge in [0.05, 0.1) is 29.7 Å². The molecule has 39 heavy (non-hydrogen) atoms. The highest BCUT2D eigenvalue weighted by Gasteiger charge is 2.56. The number of hydrogen-bond acceptors (Lipinski definition) is 6. The molecule has 5 aliphatic rings. The summed E-state index contributed by atoms with van der Waals surface area (Å²) in [5.41, 5.74) is 3.80. The molecule has 1 N–H and O–H groups in total. The molecule has 1 saturated carbocycles. The van der Waals surface area contributed by atoms with Crippen LogP contribution in [0.2, 0.25) is 0 Å². The molecule has 9 heteroatoms. The average Bonchev–Trinajstić information content (AvgIpc) is 3.24. The lowest BCUT2D eigenvalue weighted by Crippen LogP contribution is -2.44. The first-order chi connectivity index (χ1) is 18.7. The zero-order valence-electron chi connectivity index (χ0n) is 22.2. The molecule has 5 heterocycles. The lowest BCUT2D eigenvalue weighted by Gasteiger charge is -2.48. The van der Waals surface area contributed by atoms with Gasteiger partial charge < -0.3 is 19.3 Å². The van der Waals surface area contributed by atoms with Crippen LogP contribution in [0.5, 0.6) is 0 Å². The van der Waals surface area contributed by atoms with Gasteiger partial charge >= 0.3 is 6.18 Å². The highest BCUT2D eigenvalue weighted by Crippen LogP contribution is 2.61. The standard InChI is InChI=1S/C30H35F3N2O4/c1-17-16-38-12-9-29(17)25-23-21(13-28(7-2-8-28)14-22(23)36)35-26(18-5-10-37-11-6-18)24(25)27(39-29)20-4-3-19(15-34-20)30(31,32)33/h3-4,15,17-18,22,27,36H,2,5-14,16H2,1H3. The van der Waals surface area contributed by atoms with Gasteiger partial charge in [-0.3, -0.25) is 9.97 Å². The van der Waals surface area contributed by atoms with E-state index >= 15 is 0 Å². The van der Waals surface area contributed by atoms with E-state index in [1.165, 1.54) is 12.5 Å². The minimum atomic E-state index is -4.47. The van der Waals surface area contributed by atoms with E-state index in [4.69, 9.17) is 19.2 Å². The Morgan fingerprint density at radius 1 is 1.03 bits per heavy atom. The molecule has 210 valence electrons. The average molecular weight is 545 g/mol. The molecule has 0 aromatic carbocycles. The normalized spacial score (nSPS) is 32.2. The summed E-state index contributed by atoms with van der Waals surface area (Å²) >= 11 is 0. The molecule has 4 unspecified atom stereocenters. The predicted molar refractivity (Wildman–Crippen MR) is 135 cm³/mol. The Bertz CT molecular complexity index is 1260. The van der Waals surface area contributed by atoms with Crippen molar-refractivity contribution in [1.82, 2.24) is 9.97 Å². The Hall–Kier alpha value is -2.07. The van der Waals surface area contributed by atoms with E-state index in [-0.39, 0.29) is 17.3 Å². The van der Waals surface area contributed by atoms with Gasteiger partial charge in [-0.05, 0) is 61.6 Å². The maximum absolute atomic E-state index is 13.4. The molecule has 2 spiro atoms. The van der Waals surface area contributed by atoms with Crippen LogP contribution in [0.3, 0.4) is 0 Å². The molecule has 6 nitrogen and oxygen atoms in total. The van der Waals surface area contributed by atoms with Crippen LogP contribution in [0.15, 0.2) is 18.3 Å². The summed E-state index contributed by atoms with van der Waals surface area (Å²) in [5.74, 6) is 0.144. The van der Waals surface area contributed by atoms with Crippen molar-refractivity contribution in [2.45, 2.75) is 88.2 Å². The summed E-state index contributed by atoms with van der Waals surface area (Å²) in [6, 6.07) is 2.52. The summed E-state index contributed by atoms with van der Waals surface area (Å²) in [7, 11) is 0. The highest BCUT2D eigenvalue weighted by atomic mass is 19.4. The van der Waals surface area contributed by atoms with Crippen molar-refractivity contribution < 1.29 is 32.5 Å². The van der Waals surface area contributed by atoms with Crippen LogP contribution in [0.4, 0.5) is 13.2 Å². The monoisotopic (exact) mass is 544 g/mol. The lowest BCUT2D eigenvalue weighted by molar-refractivity contribution is -0.158. The Labute approximate surface area is 226 Å². The predicted octanol–water partition coefficient (Wildman–Crippen LogP) is 5.91. The third-order valence-electron chi connectivity index (χ3n) is 10.1. The van der Waals surface area contributed by atoms with Gasteiger partial charge in [0.25, 0.3) is 0 Å². The van der Waals surface area contributed by atoms with Crippen LogP contribution in [-0.2, 0) is 32.4 Å². The van der Waals surface area contributed by atoms with E-state index in [1.54, 1.807) is 0 Å². The quantitative estimate of drug-likeness (QED) is 0.507. The number of alkyl halides is 3. The van der Waals surface area contributed by atoms with Crippen LogP contribution in [0.1, 0.15) is 109 Å². The summed E-state index contributed by atoms with van der Waals surface area (Å²) in [6.45, 7) is 4.42. The fraction of sp³-hybridized carbons (Fsp3) is 0.667. The van der Waals surface area contributed by atoms with E-state index in [9.17, 15) is 18.3 Å². The Balaban J connectivity index is 1.45. The zero-order valence-corrected chi connectivity index (χ0v) is 22.2. The second-order valence-electron chi connectivity index (χ2n) is 12.4. The summed E-state index contributed by atoms with van der Waals surface area (Å²) in [5, 5.41) is 11.7. The highest BCUT2D eigenvalue weighted by molar-refractivity contribution is 5.54. The smallest absolute Gasteiger partial charge is 0.388 e. The SMILES string of the molecule is CC1COCCC12OC(c1ccc(C(F)(F)F)cn1)c1c(C3CCOCC3)nc3c(c12)C(O)CC1(CCC1)C3. The number of ether oxygens (including phenoxy) is 3. The van der Waals surface area contributed by atoms with Gasteiger partial charge in [-0.25, -0.2) is 0 Å². The van der Waals surface area contributed by atoms with Gasteiger partial charge in [0.2, 0.25) is 0 Å². The third-order valence-corrected chi connectivity index (χ3v) is 10.1. The van der Waals surface area contributed by atoms with Gasteiger partial charge in [0.15, 0.2) is 0 Å². The van der Waals surface area contributed by atoms with Crippen molar-refractivity contribution in [3.05, 3.63) is 57.7 Å². The summed E-state index contributed by atoms with van der Waals surface area (Å²) in [6.07, 6.45) is 2.36.